The number of hydrogen-bond acceptors (Lipinski definition) is 2. The molecule has 0 aliphatic heterocycles. The van der Waals surface area contributed by atoms with Crippen LogP contribution in [0, 0.1) is 6.92 Å². The molecular formula is C17H28ClNO. The van der Waals surface area contributed by atoms with Crippen LogP contribution in [0.3, 0.4) is 0 Å². The van der Waals surface area contributed by atoms with Crippen LogP contribution in [-0.4, -0.2) is 36.5 Å². The number of likely N-dealkylation sites (N-methyl/N-ethyl adjacent to an activating group) is 1. The summed E-state index contributed by atoms with van der Waals surface area (Å²) >= 11 is 5.84. The Labute approximate surface area is 129 Å². The highest BCUT2D eigenvalue weighted by Gasteiger charge is 2.14. The van der Waals surface area contributed by atoms with Gasteiger partial charge in [-0.2, -0.15) is 0 Å². The number of aryl methyl sites for hydroxylation is 1. The van der Waals surface area contributed by atoms with Gasteiger partial charge in [-0.3, -0.25) is 4.90 Å². The van der Waals surface area contributed by atoms with E-state index in [1.54, 1.807) is 0 Å². The van der Waals surface area contributed by atoms with Crippen LogP contribution < -0.4 is 4.74 Å². The molecule has 3 heteroatoms. The molecule has 0 aliphatic rings. The fraction of sp³-hybridized carbons (Fsp3) is 0.647. The molecule has 114 valence electrons. The summed E-state index contributed by atoms with van der Waals surface area (Å²) in [6.07, 6.45) is 0. The minimum Gasteiger partial charge on any atom is -0.492 e. The lowest BCUT2D eigenvalue weighted by atomic mass is 10.0. The molecule has 0 bridgehead atoms. The quantitative estimate of drug-likeness (QED) is 0.658. The van der Waals surface area contributed by atoms with E-state index >= 15 is 0 Å². The van der Waals surface area contributed by atoms with Gasteiger partial charge in [-0.25, -0.2) is 0 Å². The van der Waals surface area contributed by atoms with Crippen molar-refractivity contribution in [3.63, 3.8) is 0 Å². The Kier molecular flexibility index (Phi) is 7.39. The summed E-state index contributed by atoms with van der Waals surface area (Å²) < 4.78 is 6.09. The largest absolute Gasteiger partial charge is 0.492 e. The van der Waals surface area contributed by atoms with Crippen LogP contribution in [0.4, 0.5) is 0 Å². The van der Waals surface area contributed by atoms with Crippen LogP contribution >= 0.6 is 11.6 Å². The molecule has 1 unspecified atom stereocenters. The Morgan fingerprint density at radius 3 is 2.50 bits per heavy atom. The molecule has 1 atom stereocenters. The summed E-state index contributed by atoms with van der Waals surface area (Å²) in [7, 11) is 0. The van der Waals surface area contributed by atoms with Gasteiger partial charge in [-0.15, -0.1) is 11.6 Å². The van der Waals surface area contributed by atoms with Crippen molar-refractivity contribution in [1.29, 1.82) is 0 Å². The monoisotopic (exact) mass is 297 g/mol. The van der Waals surface area contributed by atoms with E-state index in [9.17, 15) is 0 Å². The fourth-order valence-corrected chi connectivity index (χ4v) is 2.58. The zero-order chi connectivity index (χ0) is 15.1. The van der Waals surface area contributed by atoms with Crippen LogP contribution in [0.25, 0.3) is 0 Å². The first kappa shape index (κ1) is 17.3. The molecule has 0 radical (unpaired) electrons. The third-order valence-corrected chi connectivity index (χ3v) is 3.84. The topological polar surface area (TPSA) is 12.5 Å². The molecule has 0 aromatic heterocycles. The Bertz CT molecular complexity index is 406. The summed E-state index contributed by atoms with van der Waals surface area (Å²) in [4.78, 5) is 2.35. The van der Waals surface area contributed by atoms with E-state index in [2.05, 4.69) is 57.7 Å². The van der Waals surface area contributed by atoms with Gasteiger partial charge in [0.1, 0.15) is 12.4 Å². The van der Waals surface area contributed by atoms with E-state index in [0.717, 1.165) is 18.8 Å². The summed E-state index contributed by atoms with van der Waals surface area (Å²) in [5.41, 5.74) is 2.52. The summed E-state index contributed by atoms with van der Waals surface area (Å²) in [5, 5.41) is 0. The molecule has 0 saturated heterocycles. The van der Waals surface area contributed by atoms with Crippen molar-refractivity contribution in [3.05, 3.63) is 29.3 Å². The standard InChI is InChI=1S/C17H28ClNO/c1-6-19(10-9-18)15(5)12-20-17-11-14(4)7-8-16(17)13(2)3/h7-8,11,13,15H,6,9-10,12H2,1-5H3. The molecule has 2 nitrogen and oxygen atoms in total. The van der Waals surface area contributed by atoms with Gasteiger partial charge in [0.2, 0.25) is 0 Å². The minimum absolute atomic E-state index is 0.374. The number of rotatable bonds is 8. The van der Waals surface area contributed by atoms with Crippen LogP contribution in [-0.2, 0) is 0 Å². The average molecular weight is 298 g/mol. The molecule has 1 rings (SSSR count). The van der Waals surface area contributed by atoms with Gasteiger partial charge in [0, 0.05) is 18.5 Å². The zero-order valence-corrected chi connectivity index (χ0v) is 14.2. The Morgan fingerprint density at radius 1 is 1.25 bits per heavy atom. The van der Waals surface area contributed by atoms with Gasteiger partial charge in [0.05, 0.1) is 0 Å². The van der Waals surface area contributed by atoms with Gasteiger partial charge >= 0.3 is 0 Å². The van der Waals surface area contributed by atoms with E-state index in [4.69, 9.17) is 16.3 Å². The SMILES string of the molecule is CCN(CCCl)C(C)COc1cc(C)ccc1C(C)C. The maximum atomic E-state index is 6.09. The van der Waals surface area contributed by atoms with Gasteiger partial charge in [-0.1, -0.05) is 32.9 Å². The number of nitrogens with zero attached hydrogens (tertiary/aromatic N) is 1. The van der Waals surface area contributed by atoms with Gasteiger partial charge in [-0.05, 0) is 43.5 Å². The molecule has 0 N–H and O–H groups in total. The van der Waals surface area contributed by atoms with Crippen molar-refractivity contribution in [2.24, 2.45) is 0 Å². The third-order valence-electron chi connectivity index (χ3n) is 3.67. The predicted molar refractivity (Wildman–Crippen MR) is 88.2 cm³/mol. The van der Waals surface area contributed by atoms with E-state index in [1.807, 2.05) is 0 Å². The number of hydrogen-bond donors (Lipinski definition) is 0. The molecule has 1 aromatic carbocycles. The van der Waals surface area contributed by atoms with Gasteiger partial charge in [0.15, 0.2) is 0 Å². The highest BCUT2D eigenvalue weighted by molar-refractivity contribution is 6.18. The van der Waals surface area contributed by atoms with Crippen molar-refractivity contribution in [2.45, 2.75) is 46.6 Å². The first-order valence-corrected chi connectivity index (χ1v) is 8.06. The number of ether oxygens (including phenoxy) is 1. The van der Waals surface area contributed by atoms with Gasteiger partial charge < -0.3 is 4.74 Å². The molecule has 1 aromatic rings. The summed E-state index contributed by atoms with van der Waals surface area (Å²) in [6, 6.07) is 6.84. The van der Waals surface area contributed by atoms with Crippen LogP contribution in [0.15, 0.2) is 18.2 Å². The van der Waals surface area contributed by atoms with Crippen molar-refractivity contribution >= 4 is 11.6 Å². The molecule has 20 heavy (non-hydrogen) atoms. The highest BCUT2D eigenvalue weighted by Crippen LogP contribution is 2.27. The Morgan fingerprint density at radius 2 is 1.95 bits per heavy atom. The molecular weight excluding hydrogens is 270 g/mol. The average Bonchev–Trinajstić information content (AvgIpc) is 2.41. The summed E-state index contributed by atoms with van der Waals surface area (Å²) in [6.45, 7) is 13.5. The minimum atomic E-state index is 0.374. The normalized spacial score (nSPS) is 13.0. The van der Waals surface area contributed by atoms with E-state index < -0.39 is 0 Å². The first-order chi connectivity index (χ1) is 9.49. The molecule has 0 aliphatic carbocycles. The number of halogens is 1. The molecule has 0 spiro atoms. The van der Waals surface area contributed by atoms with E-state index in [-0.39, 0.29) is 0 Å². The Balaban J connectivity index is 2.71. The molecule has 0 amide bonds. The second-order valence-electron chi connectivity index (χ2n) is 5.67. The van der Waals surface area contributed by atoms with Crippen LogP contribution in [0.5, 0.6) is 5.75 Å². The van der Waals surface area contributed by atoms with Crippen LogP contribution in [0.1, 0.15) is 44.7 Å². The maximum absolute atomic E-state index is 6.09. The molecule has 0 saturated carbocycles. The van der Waals surface area contributed by atoms with Crippen molar-refractivity contribution < 1.29 is 4.74 Å². The number of benzene rings is 1. The lowest BCUT2D eigenvalue weighted by molar-refractivity contribution is 0.158. The zero-order valence-electron chi connectivity index (χ0n) is 13.4. The number of alkyl halides is 1. The van der Waals surface area contributed by atoms with Crippen molar-refractivity contribution in [1.82, 2.24) is 4.90 Å². The fourth-order valence-electron chi connectivity index (χ4n) is 2.36. The Hall–Kier alpha value is -0.730. The van der Waals surface area contributed by atoms with Crippen molar-refractivity contribution in [2.75, 3.05) is 25.6 Å². The highest BCUT2D eigenvalue weighted by atomic mass is 35.5. The second kappa shape index (κ2) is 8.53. The van der Waals surface area contributed by atoms with Crippen LogP contribution in [0.2, 0.25) is 0 Å². The molecule has 0 fully saturated rings. The van der Waals surface area contributed by atoms with Gasteiger partial charge in [0.25, 0.3) is 0 Å². The summed E-state index contributed by atoms with van der Waals surface area (Å²) in [5.74, 6) is 2.17. The first-order valence-electron chi connectivity index (χ1n) is 7.52. The second-order valence-corrected chi connectivity index (χ2v) is 6.05. The lowest BCUT2D eigenvalue weighted by Gasteiger charge is -2.27. The van der Waals surface area contributed by atoms with E-state index in [1.165, 1.54) is 11.1 Å². The lowest BCUT2D eigenvalue weighted by Crippen LogP contribution is -2.38. The molecule has 0 heterocycles. The predicted octanol–water partition coefficient (Wildman–Crippen LogP) is 4.45. The van der Waals surface area contributed by atoms with E-state index in [0.29, 0.717) is 24.4 Å². The van der Waals surface area contributed by atoms with Crippen molar-refractivity contribution in [3.8, 4) is 5.75 Å². The maximum Gasteiger partial charge on any atom is 0.123 e. The smallest absolute Gasteiger partial charge is 0.123 e. The third kappa shape index (κ3) is 4.99.